The van der Waals surface area contributed by atoms with Gasteiger partial charge in [-0.25, -0.2) is 0 Å². The van der Waals surface area contributed by atoms with E-state index in [9.17, 15) is 4.79 Å². The molecule has 0 atom stereocenters. The fourth-order valence-corrected chi connectivity index (χ4v) is 3.40. The molecule has 2 aromatic carbocycles. The summed E-state index contributed by atoms with van der Waals surface area (Å²) in [5, 5.41) is 0.761. The minimum atomic E-state index is 0.0722. The molecule has 0 spiro atoms. The van der Waals surface area contributed by atoms with Gasteiger partial charge in [-0.15, -0.1) is 11.8 Å². The van der Waals surface area contributed by atoms with Gasteiger partial charge in [0.1, 0.15) is 0 Å². The first-order valence-corrected chi connectivity index (χ1v) is 7.90. The Labute approximate surface area is 130 Å². The average molecular weight is 356 g/mol. The third kappa shape index (κ3) is 3.85. The summed E-state index contributed by atoms with van der Waals surface area (Å²) in [4.78, 5) is 12.6. The number of hydrogen-bond donors (Lipinski definition) is 0. The molecule has 0 saturated heterocycles. The Morgan fingerprint density at radius 2 is 2.00 bits per heavy atom. The highest BCUT2D eigenvalue weighted by atomic mass is 79.9. The number of halogens is 2. The summed E-state index contributed by atoms with van der Waals surface area (Å²) in [5.41, 5.74) is 1.82. The number of Topliss-reactive ketones (excluding diaryl/α,β-unsaturated/α-hetero) is 1. The molecule has 4 heteroatoms. The molecule has 0 fully saturated rings. The highest BCUT2D eigenvalue weighted by Gasteiger charge is 2.09. The van der Waals surface area contributed by atoms with Gasteiger partial charge in [-0.1, -0.05) is 45.7 Å². The molecule has 1 nitrogen and oxygen atoms in total. The van der Waals surface area contributed by atoms with E-state index < -0.39 is 0 Å². The second-order valence-electron chi connectivity index (χ2n) is 4.08. The Bertz CT molecular complexity index is 613. The van der Waals surface area contributed by atoms with Gasteiger partial charge >= 0.3 is 0 Å². The molecule has 0 bridgehead atoms. The molecule has 98 valence electrons. The number of thioether (sulfide) groups is 1. The third-order valence-corrected chi connectivity index (χ3v) is 4.65. The van der Waals surface area contributed by atoms with Gasteiger partial charge in [0.25, 0.3) is 0 Å². The predicted molar refractivity (Wildman–Crippen MR) is 85.2 cm³/mol. The number of rotatable bonds is 4. The third-order valence-electron chi connectivity index (χ3n) is 2.66. The first-order valence-electron chi connectivity index (χ1n) is 5.74. The fraction of sp³-hybridized carbons (Fsp3) is 0.133. The molecule has 0 unspecified atom stereocenters. The van der Waals surface area contributed by atoms with Crippen molar-refractivity contribution < 1.29 is 4.79 Å². The van der Waals surface area contributed by atoms with Crippen LogP contribution in [0.15, 0.2) is 51.8 Å². The van der Waals surface area contributed by atoms with Crippen LogP contribution in [0.25, 0.3) is 0 Å². The minimum absolute atomic E-state index is 0.0722. The zero-order valence-corrected chi connectivity index (χ0v) is 13.5. The van der Waals surface area contributed by atoms with Crippen LogP contribution in [0.4, 0.5) is 0 Å². The number of benzene rings is 2. The molecule has 2 aromatic rings. The molecule has 0 N–H and O–H groups in total. The molecule has 0 aliphatic rings. The lowest BCUT2D eigenvalue weighted by molar-refractivity contribution is 0.101. The molecule has 0 aromatic heterocycles. The first-order chi connectivity index (χ1) is 9.08. The van der Waals surface area contributed by atoms with Gasteiger partial charge in [0.05, 0.1) is 0 Å². The summed E-state index contributed by atoms with van der Waals surface area (Å²) in [5.74, 6) is 0.824. The number of carbonyl (C=O) groups is 1. The molecule has 0 aliphatic heterocycles. The summed E-state index contributed by atoms with van der Waals surface area (Å²) in [6.45, 7) is 1.58. The van der Waals surface area contributed by atoms with Gasteiger partial charge in [-0.3, -0.25) is 4.79 Å². The Balaban J connectivity index is 2.20. The van der Waals surface area contributed by atoms with Crippen LogP contribution in [-0.2, 0) is 5.75 Å². The van der Waals surface area contributed by atoms with Gasteiger partial charge in [-0.2, -0.15) is 0 Å². The smallest absolute Gasteiger partial charge is 0.160 e. The van der Waals surface area contributed by atoms with E-state index in [0.717, 1.165) is 31.3 Å². The second kappa shape index (κ2) is 6.60. The Hall–Kier alpha value is -0.770. The van der Waals surface area contributed by atoms with Crippen LogP contribution in [0.2, 0.25) is 5.02 Å². The van der Waals surface area contributed by atoms with E-state index in [1.807, 2.05) is 42.5 Å². The zero-order valence-electron chi connectivity index (χ0n) is 10.3. The summed E-state index contributed by atoms with van der Waals surface area (Å²) in [7, 11) is 0. The lowest BCUT2D eigenvalue weighted by Gasteiger charge is -2.08. The van der Waals surface area contributed by atoms with Crippen molar-refractivity contribution in [2.75, 3.05) is 0 Å². The van der Waals surface area contributed by atoms with E-state index in [0.29, 0.717) is 0 Å². The Morgan fingerprint density at radius 3 is 2.68 bits per heavy atom. The van der Waals surface area contributed by atoms with Gasteiger partial charge in [0.2, 0.25) is 0 Å². The van der Waals surface area contributed by atoms with Crippen LogP contribution < -0.4 is 0 Å². The summed E-state index contributed by atoms with van der Waals surface area (Å²) < 4.78 is 0.916. The van der Waals surface area contributed by atoms with Crippen LogP contribution in [0, 0.1) is 0 Å². The monoisotopic (exact) mass is 354 g/mol. The van der Waals surface area contributed by atoms with E-state index in [-0.39, 0.29) is 5.78 Å². The predicted octanol–water partition coefficient (Wildman–Crippen LogP) is 5.60. The number of hydrogen-bond acceptors (Lipinski definition) is 2. The van der Waals surface area contributed by atoms with Gasteiger partial charge in [0, 0.05) is 25.7 Å². The molecule has 0 heterocycles. The van der Waals surface area contributed by atoms with Crippen molar-refractivity contribution in [3.05, 3.63) is 63.1 Å². The average Bonchev–Trinajstić information content (AvgIpc) is 2.38. The summed E-state index contributed by atoms with van der Waals surface area (Å²) >= 11 is 11.1. The molecule has 0 aliphatic carbocycles. The van der Waals surface area contributed by atoms with Gasteiger partial charge in [-0.05, 0) is 36.8 Å². The van der Waals surface area contributed by atoms with E-state index in [1.54, 1.807) is 18.7 Å². The highest BCUT2D eigenvalue weighted by molar-refractivity contribution is 9.10. The molecular weight excluding hydrogens is 344 g/mol. The highest BCUT2D eigenvalue weighted by Crippen LogP contribution is 2.30. The first kappa shape index (κ1) is 14.6. The van der Waals surface area contributed by atoms with Crippen LogP contribution in [0.3, 0.4) is 0 Å². The van der Waals surface area contributed by atoms with Crippen molar-refractivity contribution in [3.8, 4) is 0 Å². The van der Waals surface area contributed by atoms with Crippen molar-refractivity contribution in [1.82, 2.24) is 0 Å². The molecule has 0 radical (unpaired) electrons. The summed E-state index contributed by atoms with van der Waals surface area (Å²) in [6.07, 6.45) is 0. The SMILES string of the molecule is CC(=O)c1cc(Br)ccc1SCc1ccccc1Cl. The van der Waals surface area contributed by atoms with E-state index >= 15 is 0 Å². The van der Waals surface area contributed by atoms with E-state index in [4.69, 9.17) is 11.6 Å². The maximum atomic E-state index is 11.6. The van der Waals surface area contributed by atoms with E-state index in [1.165, 1.54) is 0 Å². The molecule has 19 heavy (non-hydrogen) atoms. The zero-order chi connectivity index (χ0) is 13.8. The lowest BCUT2D eigenvalue weighted by atomic mass is 10.1. The van der Waals surface area contributed by atoms with Crippen LogP contribution >= 0.6 is 39.3 Å². The van der Waals surface area contributed by atoms with Crippen LogP contribution in [0.5, 0.6) is 0 Å². The van der Waals surface area contributed by atoms with E-state index in [2.05, 4.69) is 15.9 Å². The quantitative estimate of drug-likeness (QED) is 0.524. The summed E-state index contributed by atoms with van der Waals surface area (Å²) in [6, 6.07) is 13.5. The lowest BCUT2D eigenvalue weighted by Crippen LogP contribution is -1.95. The van der Waals surface area contributed by atoms with Crippen LogP contribution in [-0.4, -0.2) is 5.78 Å². The second-order valence-corrected chi connectivity index (χ2v) is 6.42. The van der Waals surface area contributed by atoms with Gasteiger partial charge < -0.3 is 0 Å². The van der Waals surface area contributed by atoms with Gasteiger partial charge in [0.15, 0.2) is 5.78 Å². The minimum Gasteiger partial charge on any atom is -0.294 e. The molecular formula is C15H12BrClOS. The molecule has 0 saturated carbocycles. The van der Waals surface area contributed by atoms with Crippen molar-refractivity contribution in [2.45, 2.75) is 17.6 Å². The van der Waals surface area contributed by atoms with Crippen molar-refractivity contribution in [2.24, 2.45) is 0 Å². The van der Waals surface area contributed by atoms with Crippen molar-refractivity contribution in [3.63, 3.8) is 0 Å². The van der Waals surface area contributed by atoms with Crippen LogP contribution in [0.1, 0.15) is 22.8 Å². The van der Waals surface area contributed by atoms with Crippen molar-refractivity contribution in [1.29, 1.82) is 0 Å². The maximum absolute atomic E-state index is 11.6. The topological polar surface area (TPSA) is 17.1 Å². The normalized spacial score (nSPS) is 10.5. The Kier molecular flexibility index (Phi) is 5.08. The molecule has 2 rings (SSSR count). The largest absolute Gasteiger partial charge is 0.294 e. The van der Waals surface area contributed by atoms with Crippen molar-refractivity contribution >= 4 is 45.1 Å². The maximum Gasteiger partial charge on any atom is 0.160 e. The number of ketones is 1. The molecule has 0 amide bonds. The number of carbonyl (C=O) groups excluding carboxylic acids is 1. The standard InChI is InChI=1S/C15H12BrClOS/c1-10(18)13-8-12(16)6-7-15(13)19-9-11-4-2-3-5-14(11)17/h2-8H,9H2,1H3. The fourth-order valence-electron chi connectivity index (χ4n) is 1.67. The Morgan fingerprint density at radius 1 is 1.26 bits per heavy atom.